The molecule has 0 heterocycles. The maximum absolute atomic E-state index is 8.64. The van der Waals surface area contributed by atoms with Crippen LogP contribution in [0, 0.1) is 0 Å². The Labute approximate surface area is 92.0 Å². The normalized spacial score (nSPS) is 3.78. The Kier molecular flexibility index (Phi) is 42.4. The van der Waals surface area contributed by atoms with Gasteiger partial charge in [0, 0.05) is 0 Å². The molecule has 0 atom stereocenters. The van der Waals surface area contributed by atoms with E-state index in [0.717, 1.165) is 0 Å². The van der Waals surface area contributed by atoms with Gasteiger partial charge < -0.3 is 0 Å². The van der Waals surface area contributed by atoms with Gasteiger partial charge in [-0.2, -0.15) is 0 Å². The van der Waals surface area contributed by atoms with Crippen LogP contribution in [0.5, 0.6) is 0 Å². The summed E-state index contributed by atoms with van der Waals surface area (Å²) in [7, 11) is -0.361. The first-order valence-corrected chi connectivity index (χ1v) is 1.28. The Morgan fingerprint density at radius 1 is 1.00 bits per heavy atom. The third-order valence-corrected chi connectivity index (χ3v) is 0.0786. The minimum Gasteiger partial charge on any atom is 2.00 e. The minimum absolute atomic E-state index is 0. The van der Waals surface area contributed by atoms with Crippen LogP contribution in [0.4, 0.5) is 0 Å². The molecule has 9 heavy (non-hydrogen) atoms. The molecule has 0 saturated carbocycles. The van der Waals surface area contributed by atoms with E-state index in [4.69, 9.17) is 19.9 Å². The number of hydrogen-bond acceptors (Lipinski definition) is 6. The molecule has 0 aliphatic carbocycles. The van der Waals surface area contributed by atoms with Crippen LogP contribution >= 0.6 is 0 Å². The van der Waals surface area contributed by atoms with Gasteiger partial charge in [0.2, 0.25) is 0 Å². The number of rotatable bonds is 2. The maximum atomic E-state index is 8.64. The fourth-order valence-corrected chi connectivity index (χ4v) is 0. The molecule has 0 aromatic rings. The molecule has 0 fully saturated rings. The molecule has 0 bridgehead atoms. The predicted octanol–water partition coefficient (Wildman–Crippen LogP) is -3.89. The van der Waals surface area contributed by atoms with Gasteiger partial charge in [-0.3, -0.25) is 0 Å². The van der Waals surface area contributed by atoms with Gasteiger partial charge in [-0.05, 0) is 0 Å². The molecule has 44 valence electrons. The van der Waals surface area contributed by atoms with Gasteiger partial charge in [0.05, 0.1) is 0 Å². The third-order valence-electron chi connectivity index (χ3n) is 0.0786. The van der Waals surface area contributed by atoms with E-state index in [0.29, 0.717) is 0 Å². The van der Waals surface area contributed by atoms with Crippen molar-refractivity contribution < 1.29 is 29.5 Å². The van der Waals surface area contributed by atoms with Crippen molar-refractivity contribution in [3.05, 3.63) is 0 Å². The second-order valence-corrected chi connectivity index (χ2v) is 0.385. The summed E-state index contributed by atoms with van der Waals surface area (Å²) in [5, 5.41) is 16.9. The molecular formula is B2BaO6. The van der Waals surface area contributed by atoms with Crippen LogP contribution in [0.1, 0.15) is 0 Å². The van der Waals surface area contributed by atoms with Crippen LogP contribution in [-0.2, 0) is 19.0 Å². The molecule has 0 radical (unpaired) electrons. The summed E-state index contributed by atoms with van der Waals surface area (Å²) in [6, 6.07) is 0. The van der Waals surface area contributed by atoms with Crippen LogP contribution in [0.3, 0.4) is 0 Å². The first kappa shape index (κ1) is 16.4. The summed E-state index contributed by atoms with van der Waals surface area (Å²) in [6.07, 6.45) is 0. The van der Waals surface area contributed by atoms with Crippen LogP contribution in [0.15, 0.2) is 0 Å². The molecule has 0 unspecified atom stereocenters. The maximum Gasteiger partial charge on any atom is 2.00 e. The Morgan fingerprint density at radius 2 is 1.11 bits per heavy atom. The van der Waals surface area contributed by atoms with E-state index in [1.807, 2.05) is 0 Å². The second kappa shape index (κ2) is 23.2. The molecule has 0 N–H and O–H groups in total. The van der Waals surface area contributed by atoms with E-state index in [-0.39, 0.29) is 63.6 Å². The monoisotopic (exact) mass is 256 g/mol. The Hall–Kier alpha value is 0.821. The molecule has 0 saturated heterocycles. The Balaban J connectivity index is -0.0000000720. The van der Waals surface area contributed by atoms with Crippen molar-refractivity contribution in [3.63, 3.8) is 0 Å². The summed E-state index contributed by atoms with van der Waals surface area (Å²) < 4.78 is 17.3. The van der Waals surface area contributed by atoms with Crippen molar-refractivity contribution in [2.45, 2.75) is 0 Å². The fourth-order valence-electron chi connectivity index (χ4n) is 0. The summed E-state index contributed by atoms with van der Waals surface area (Å²) in [6.45, 7) is 0. The van der Waals surface area contributed by atoms with Gasteiger partial charge in [-0.15, -0.1) is 0 Å². The van der Waals surface area contributed by atoms with E-state index in [1.165, 1.54) is 0 Å². The van der Waals surface area contributed by atoms with Crippen LogP contribution in [-0.4, -0.2) is 63.6 Å². The summed E-state index contributed by atoms with van der Waals surface area (Å²) in [4.78, 5) is 5.22. The molecule has 0 amide bonds. The molecule has 9 heteroatoms. The molecule has 0 aromatic heterocycles. The van der Waals surface area contributed by atoms with E-state index in [1.54, 1.807) is 0 Å². The van der Waals surface area contributed by atoms with Crippen molar-refractivity contribution >= 4 is 63.6 Å². The smallest absolute Gasteiger partial charge is 2.00 e. The quantitative estimate of drug-likeness (QED) is 0.284. The Morgan fingerprint density at radius 3 is 1.11 bits per heavy atom. The number of hydrogen-bond donors (Lipinski definition) is 0. The topological polar surface area (TPSA) is 98.7 Å². The van der Waals surface area contributed by atoms with Crippen molar-refractivity contribution in [3.8, 4) is 0 Å². The van der Waals surface area contributed by atoms with E-state index in [2.05, 4.69) is 9.61 Å². The molecular weight excluding hydrogens is 255 g/mol. The van der Waals surface area contributed by atoms with Crippen molar-refractivity contribution in [1.29, 1.82) is 0 Å². The van der Waals surface area contributed by atoms with Gasteiger partial charge in [0.25, 0.3) is 0 Å². The zero-order valence-corrected chi connectivity index (χ0v) is 8.75. The molecule has 0 aliphatic rings. The molecule has 0 rings (SSSR count). The van der Waals surface area contributed by atoms with Crippen molar-refractivity contribution in [2.24, 2.45) is 0 Å². The first-order valence-electron chi connectivity index (χ1n) is 1.28. The predicted molar refractivity (Wildman–Crippen MR) is 20.8 cm³/mol. The largest absolute Gasteiger partial charge is 2.00 e. The minimum atomic E-state index is -0.181. The van der Waals surface area contributed by atoms with Gasteiger partial charge in [-0.25, -0.2) is 0 Å². The van der Waals surface area contributed by atoms with Gasteiger partial charge in [-0.1, -0.05) is 0 Å². The van der Waals surface area contributed by atoms with Crippen LogP contribution in [0.2, 0.25) is 0 Å². The summed E-state index contributed by atoms with van der Waals surface area (Å²) >= 11 is 0. The first-order chi connectivity index (χ1) is 3.83. The molecule has 0 spiro atoms. The van der Waals surface area contributed by atoms with E-state index >= 15 is 0 Å². The van der Waals surface area contributed by atoms with Gasteiger partial charge >= 0.3 is 93.1 Å². The zero-order valence-electron chi connectivity index (χ0n) is 4.31. The zero-order chi connectivity index (χ0) is 6.83. The van der Waals surface area contributed by atoms with E-state index in [9.17, 15) is 0 Å². The van der Waals surface area contributed by atoms with E-state index < -0.39 is 0 Å². The molecule has 0 aromatic carbocycles. The van der Waals surface area contributed by atoms with Gasteiger partial charge in [0.1, 0.15) is 0 Å². The third kappa shape index (κ3) is 51.6. The summed E-state index contributed by atoms with van der Waals surface area (Å²) in [5.74, 6) is 0. The second-order valence-electron chi connectivity index (χ2n) is 0.385. The molecule has 0 aliphatic heterocycles. The van der Waals surface area contributed by atoms with Crippen molar-refractivity contribution in [1.82, 2.24) is 0 Å². The standard InChI is InChI=1S/2BHO3.Ba/c2*2-1-4-3;/h2*3H;/q;;+2/p-2. The average molecular weight is 255 g/mol. The SMILES string of the molecule is O=BO[O-].O=BO[O-].[Ba+2]. The van der Waals surface area contributed by atoms with Crippen LogP contribution in [0.25, 0.3) is 0 Å². The average Bonchev–Trinajstić information content (AvgIpc) is 1.88. The van der Waals surface area contributed by atoms with Gasteiger partial charge in [0.15, 0.2) is 0 Å². The van der Waals surface area contributed by atoms with Crippen LogP contribution < -0.4 is 10.5 Å². The summed E-state index contributed by atoms with van der Waals surface area (Å²) in [5.41, 5.74) is 0. The fraction of sp³-hybridized carbons (Fsp3) is 0. The molecule has 6 nitrogen and oxygen atoms in total. The van der Waals surface area contributed by atoms with Crippen molar-refractivity contribution in [2.75, 3.05) is 0 Å². The Bertz CT molecular complexity index is 47.0.